The Hall–Kier alpha value is -1.94. The van der Waals surface area contributed by atoms with Crippen molar-refractivity contribution in [2.24, 2.45) is 0 Å². The minimum Gasteiger partial charge on any atom is -0.265 e. The van der Waals surface area contributed by atoms with Crippen molar-refractivity contribution in [3.05, 3.63) is 47.0 Å². The molecule has 0 saturated carbocycles. The first-order chi connectivity index (χ1) is 8.66. The van der Waals surface area contributed by atoms with E-state index in [4.69, 9.17) is 11.6 Å². The minimum absolute atomic E-state index is 0.609. The van der Waals surface area contributed by atoms with Crippen LogP contribution < -0.4 is 0 Å². The van der Waals surface area contributed by atoms with Gasteiger partial charge in [0.2, 0.25) is 0 Å². The zero-order valence-electron chi connectivity index (χ0n) is 10.1. The van der Waals surface area contributed by atoms with Crippen molar-refractivity contribution in [3.8, 4) is 11.3 Å². The highest BCUT2D eigenvalue weighted by atomic mass is 35.5. The van der Waals surface area contributed by atoms with E-state index in [1.165, 1.54) is 0 Å². The normalized spacial score (nSPS) is 11.1. The summed E-state index contributed by atoms with van der Waals surface area (Å²) < 4.78 is 1.67. The number of aromatic nitrogens is 4. The van der Waals surface area contributed by atoms with Gasteiger partial charge < -0.3 is 0 Å². The van der Waals surface area contributed by atoms with E-state index in [1.807, 2.05) is 32.0 Å². The summed E-state index contributed by atoms with van der Waals surface area (Å²) in [6, 6.07) is 5.75. The van der Waals surface area contributed by atoms with Crippen molar-refractivity contribution in [1.82, 2.24) is 19.6 Å². The molecule has 0 spiro atoms. The van der Waals surface area contributed by atoms with Crippen LogP contribution in [0, 0.1) is 13.8 Å². The molecule has 0 N–H and O–H groups in total. The van der Waals surface area contributed by atoms with E-state index < -0.39 is 0 Å². The summed E-state index contributed by atoms with van der Waals surface area (Å²) in [5.74, 6) is 0. The molecule has 0 aliphatic heterocycles. The maximum atomic E-state index is 6.28. The van der Waals surface area contributed by atoms with Crippen LogP contribution >= 0.6 is 11.6 Å². The van der Waals surface area contributed by atoms with E-state index in [9.17, 15) is 0 Å². The summed E-state index contributed by atoms with van der Waals surface area (Å²) in [6.07, 6.45) is 3.48. The maximum absolute atomic E-state index is 6.28. The van der Waals surface area contributed by atoms with Crippen LogP contribution in [0.1, 0.15) is 11.3 Å². The average Bonchev–Trinajstić information content (AvgIpc) is 2.81. The quantitative estimate of drug-likeness (QED) is 0.630. The summed E-state index contributed by atoms with van der Waals surface area (Å²) in [4.78, 5) is 8.48. The molecule has 3 aromatic rings. The van der Waals surface area contributed by atoms with Gasteiger partial charge in [0.05, 0.1) is 5.69 Å². The zero-order valence-corrected chi connectivity index (χ0v) is 10.8. The summed E-state index contributed by atoms with van der Waals surface area (Å²) in [7, 11) is 0. The monoisotopic (exact) mass is 258 g/mol. The van der Waals surface area contributed by atoms with Gasteiger partial charge in [0.25, 0.3) is 0 Å². The lowest BCUT2D eigenvalue weighted by molar-refractivity contribution is 0.919. The van der Waals surface area contributed by atoms with Crippen molar-refractivity contribution in [2.45, 2.75) is 13.8 Å². The average molecular weight is 259 g/mol. The van der Waals surface area contributed by atoms with Crippen LogP contribution in [0.4, 0.5) is 0 Å². The highest BCUT2D eigenvalue weighted by molar-refractivity contribution is 6.30. The third-order valence-electron chi connectivity index (χ3n) is 2.99. The topological polar surface area (TPSA) is 43.1 Å². The van der Waals surface area contributed by atoms with E-state index in [0.717, 1.165) is 28.2 Å². The van der Waals surface area contributed by atoms with Crippen LogP contribution in [0.3, 0.4) is 0 Å². The summed E-state index contributed by atoms with van der Waals surface area (Å²) in [6.45, 7) is 3.89. The van der Waals surface area contributed by atoms with Gasteiger partial charge in [-0.15, -0.1) is 0 Å². The Labute approximate surface area is 109 Å². The van der Waals surface area contributed by atoms with Gasteiger partial charge in [0, 0.05) is 35.3 Å². The second kappa shape index (κ2) is 4.07. The van der Waals surface area contributed by atoms with Crippen molar-refractivity contribution in [3.63, 3.8) is 0 Å². The number of hydrogen-bond donors (Lipinski definition) is 0. The lowest BCUT2D eigenvalue weighted by Gasteiger charge is -2.03. The molecule has 0 amide bonds. The third kappa shape index (κ3) is 1.66. The molecule has 18 heavy (non-hydrogen) atoms. The van der Waals surface area contributed by atoms with Crippen LogP contribution in [0.25, 0.3) is 16.9 Å². The molecule has 0 unspecified atom stereocenters. The fourth-order valence-corrected chi connectivity index (χ4v) is 2.08. The van der Waals surface area contributed by atoms with E-state index in [1.54, 1.807) is 16.9 Å². The number of fused-ring (bicyclic) bond motifs is 1. The first-order valence-electron chi connectivity index (χ1n) is 5.59. The van der Waals surface area contributed by atoms with Gasteiger partial charge in [-0.05, 0) is 26.0 Å². The molecule has 0 atom stereocenters. The van der Waals surface area contributed by atoms with Crippen LogP contribution in [0.5, 0.6) is 0 Å². The molecule has 0 aliphatic rings. The molecule has 4 nitrogen and oxygen atoms in total. The van der Waals surface area contributed by atoms with Crippen molar-refractivity contribution in [1.29, 1.82) is 0 Å². The molecule has 3 rings (SSSR count). The van der Waals surface area contributed by atoms with Crippen molar-refractivity contribution < 1.29 is 0 Å². The van der Waals surface area contributed by atoms with Gasteiger partial charge in [0.15, 0.2) is 5.65 Å². The van der Waals surface area contributed by atoms with Crippen molar-refractivity contribution in [2.75, 3.05) is 0 Å². The predicted octanol–water partition coefficient (Wildman–Crippen LogP) is 3.06. The molecule has 3 heterocycles. The molecule has 0 radical (unpaired) electrons. The zero-order chi connectivity index (χ0) is 12.7. The largest absolute Gasteiger partial charge is 0.265 e. The molecule has 0 aromatic carbocycles. The second-order valence-corrected chi connectivity index (χ2v) is 4.51. The number of rotatable bonds is 1. The summed E-state index contributed by atoms with van der Waals surface area (Å²) in [5.41, 5.74) is 4.48. The maximum Gasteiger partial charge on any atom is 0.157 e. The Kier molecular flexibility index (Phi) is 2.52. The van der Waals surface area contributed by atoms with E-state index in [0.29, 0.717) is 5.15 Å². The molecule has 5 heteroatoms. The third-order valence-corrected chi connectivity index (χ3v) is 3.43. The van der Waals surface area contributed by atoms with Crippen LogP contribution in [0.15, 0.2) is 30.6 Å². The van der Waals surface area contributed by atoms with Gasteiger partial charge in [-0.2, -0.15) is 5.10 Å². The highest BCUT2D eigenvalue weighted by Gasteiger charge is 2.11. The van der Waals surface area contributed by atoms with Gasteiger partial charge in [-0.3, -0.25) is 4.98 Å². The number of aryl methyl sites for hydroxylation is 1. The Bertz CT molecular complexity index is 719. The number of halogens is 1. The van der Waals surface area contributed by atoms with Crippen LogP contribution in [-0.4, -0.2) is 19.6 Å². The Morgan fingerprint density at radius 2 is 1.89 bits per heavy atom. The van der Waals surface area contributed by atoms with Crippen LogP contribution in [0.2, 0.25) is 5.15 Å². The first-order valence-corrected chi connectivity index (χ1v) is 5.97. The Balaban J connectivity index is 2.27. The second-order valence-electron chi connectivity index (χ2n) is 4.15. The lowest BCUT2D eigenvalue weighted by Crippen LogP contribution is -1.98. The molecule has 90 valence electrons. The van der Waals surface area contributed by atoms with E-state index in [2.05, 4.69) is 15.1 Å². The summed E-state index contributed by atoms with van der Waals surface area (Å²) >= 11 is 6.28. The first kappa shape index (κ1) is 11.2. The highest BCUT2D eigenvalue weighted by Crippen LogP contribution is 2.23. The SMILES string of the molecule is Cc1nc2cc(-c3ccncc3)nn2c(Cl)c1C. The fraction of sp³-hybridized carbons (Fsp3) is 0.154. The number of pyridine rings is 1. The molecule has 0 bridgehead atoms. The molecule has 0 aliphatic carbocycles. The summed E-state index contributed by atoms with van der Waals surface area (Å²) in [5, 5.41) is 5.09. The molecule has 0 fully saturated rings. The minimum atomic E-state index is 0.609. The Morgan fingerprint density at radius 3 is 2.61 bits per heavy atom. The van der Waals surface area contributed by atoms with Crippen molar-refractivity contribution >= 4 is 17.2 Å². The Morgan fingerprint density at radius 1 is 1.17 bits per heavy atom. The fourth-order valence-electron chi connectivity index (χ4n) is 1.82. The van der Waals surface area contributed by atoms with E-state index >= 15 is 0 Å². The standard InChI is InChI=1S/C13H11ClN4/c1-8-9(2)16-12-7-11(17-18(12)13(8)14)10-3-5-15-6-4-10/h3-7H,1-2H3. The lowest BCUT2D eigenvalue weighted by atomic mass is 10.2. The molecular formula is C13H11ClN4. The van der Waals surface area contributed by atoms with E-state index in [-0.39, 0.29) is 0 Å². The molecule has 3 aromatic heterocycles. The van der Waals surface area contributed by atoms with Gasteiger partial charge in [-0.1, -0.05) is 11.6 Å². The molecular weight excluding hydrogens is 248 g/mol. The van der Waals surface area contributed by atoms with Gasteiger partial charge >= 0.3 is 0 Å². The van der Waals surface area contributed by atoms with Crippen LogP contribution in [-0.2, 0) is 0 Å². The smallest absolute Gasteiger partial charge is 0.157 e. The predicted molar refractivity (Wildman–Crippen MR) is 70.7 cm³/mol. The van der Waals surface area contributed by atoms with Gasteiger partial charge in [-0.25, -0.2) is 9.50 Å². The number of hydrogen-bond acceptors (Lipinski definition) is 3. The molecule has 0 saturated heterocycles. The van der Waals surface area contributed by atoms with Gasteiger partial charge in [0.1, 0.15) is 5.15 Å². The number of nitrogens with zero attached hydrogens (tertiary/aromatic N) is 4.